The molecule has 0 saturated carbocycles. The van der Waals surface area contributed by atoms with E-state index in [0.717, 1.165) is 16.7 Å². The van der Waals surface area contributed by atoms with Crippen molar-refractivity contribution in [3.8, 4) is 11.5 Å². The van der Waals surface area contributed by atoms with E-state index in [1.165, 1.54) is 0 Å². The molecule has 0 saturated heterocycles. The number of hydrogen-bond acceptors (Lipinski definition) is 3. The van der Waals surface area contributed by atoms with E-state index in [-0.39, 0.29) is 5.91 Å². The predicted octanol–water partition coefficient (Wildman–Crippen LogP) is 4.83. The van der Waals surface area contributed by atoms with Crippen LogP contribution in [0.25, 0.3) is 0 Å². The summed E-state index contributed by atoms with van der Waals surface area (Å²) in [5.74, 6) is 1.37. The molecular weight excluding hydrogens is 386 g/mol. The molecule has 3 rings (SSSR count). The molecule has 0 aliphatic carbocycles. The van der Waals surface area contributed by atoms with Crippen LogP contribution < -0.4 is 14.8 Å². The lowest BCUT2D eigenvalue weighted by atomic mass is 10.1. The van der Waals surface area contributed by atoms with Crippen molar-refractivity contribution in [3.63, 3.8) is 0 Å². The van der Waals surface area contributed by atoms with Crippen molar-refractivity contribution >= 4 is 17.5 Å². The highest BCUT2D eigenvalue weighted by molar-refractivity contribution is 6.30. The molecule has 0 bridgehead atoms. The van der Waals surface area contributed by atoms with E-state index in [1.807, 2.05) is 60.7 Å². The minimum absolute atomic E-state index is 0.0119. The lowest BCUT2D eigenvalue weighted by Gasteiger charge is -2.13. The summed E-state index contributed by atoms with van der Waals surface area (Å²) in [6.07, 6.45) is 1.05. The molecule has 3 aromatic carbocycles. The van der Waals surface area contributed by atoms with E-state index < -0.39 is 0 Å². The van der Waals surface area contributed by atoms with Gasteiger partial charge in [0.25, 0.3) is 0 Å². The second-order valence-electron chi connectivity index (χ2n) is 6.66. The second-order valence-corrected chi connectivity index (χ2v) is 7.10. The zero-order chi connectivity index (χ0) is 20.5. The van der Waals surface area contributed by atoms with Crippen LogP contribution in [0.3, 0.4) is 0 Å². The summed E-state index contributed by atoms with van der Waals surface area (Å²) in [4.78, 5) is 12.1. The zero-order valence-corrected chi connectivity index (χ0v) is 17.1. The highest BCUT2D eigenvalue weighted by atomic mass is 35.5. The van der Waals surface area contributed by atoms with Gasteiger partial charge < -0.3 is 14.8 Å². The van der Waals surface area contributed by atoms with Crippen molar-refractivity contribution in [2.24, 2.45) is 0 Å². The van der Waals surface area contributed by atoms with E-state index in [1.54, 1.807) is 19.2 Å². The standard InChI is InChI=1S/C24H24ClNO3/c1-28-23-15-19(9-12-22(23)29-17-20-5-3-2-4-6-20)13-14-26-24(27)16-18-7-10-21(25)11-8-18/h2-12,15H,13-14,16-17H2,1H3,(H,26,27). The van der Waals surface area contributed by atoms with Crippen molar-refractivity contribution in [1.29, 1.82) is 0 Å². The SMILES string of the molecule is COc1cc(CCNC(=O)Cc2ccc(Cl)cc2)ccc1OCc1ccccc1. The molecule has 4 nitrogen and oxygen atoms in total. The smallest absolute Gasteiger partial charge is 0.224 e. The van der Waals surface area contributed by atoms with Crippen LogP contribution in [0, 0.1) is 0 Å². The van der Waals surface area contributed by atoms with Gasteiger partial charge in [-0.1, -0.05) is 60.1 Å². The van der Waals surface area contributed by atoms with Crippen molar-refractivity contribution in [3.05, 3.63) is 94.5 Å². The Morgan fingerprint density at radius 3 is 2.34 bits per heavy atom. The molecule has 29 heavy (non-hydrogen) atoms. The molecule has 0 atom stereocenters. The van der Waals surface area contributed by atoms with Gasteiger partial charge >= 0.3 is 0 Å². The molecule has 150 valence electrons. The zero-order valence-electron chi connectivity index (χ0n) is 16.4. The topological polar surface area (TPSA) is 47.6 Å². The number of rotatable bonds is 9. The van der Waals surface area contributed by atoms with Gasteiger partial charge in [0.1, 0.15) is 6.61 Å². The van der Waals surface area contributed by atoms with Gasteiger partial charge in [0, 0.05) is 11.6 Å². The Morgan fingerprint density at radius 2 is 1.62 bits per heavy atom. The monoisotopic (exact) mass is 409 g/mol. The third-order valence-electron chi connectivity index (χ3n) is 4.48. The first kappa shape index (κ1) is 20.7. The summed E-state index contributed by atoms with van der Waals surface area (Å²) in [5, 5.41) is 3.62. The normalized spacial score (nSPS) is 10.4. The summed E-state index contributed by atoms with van der Waals surface area (Å²) in [5.41, 5.74) is 3.11. The number of amides is 1. The van der Waals surface area contributed by atoms with Crippen LogP contribution >= 0.6 is 11.6 Å². The van der Waals surface area contributed by atoms with E-state index in [9.17, 15) is 4.79 Å². The lowest BCUT2D eigenvalue weighted by Crippen LogP contribution is -2.27. The number of benzene rings is 3. The Kier molecular flexibility index (Phi) is 7.54. The Balaban J connectivity index is 1.49. The van der Waals surface area contributed by atoms with Crippen LogP contribution in [0.5, 0.6) is 11.5 Å². The average Bonchev–Trinajstić information content (AvgIpc) is 2.75. The van der Waals surface area contributed by atoms with Crippen molar-refractivity contribution in [2.45, 2.75) is 19.4 Å². The van der Waals surface area contributed by atoms with Gasteiger partial charge in [0.05, 0.1) is 13.5 Å². The first-order chi connectivity index (χ1) is 14.1. The average molecular weight is 410 g/mol. The van der Waals surface area contributed by atoms with Crippen LogP contribution in [0.15, 0.2) is 72.8 Å². The molecule has 5 heteroatoms. The Bertz CT molecular complexity index is 927. The summed E-state index contributed by atoms with van der Waals surface area (Å²) >= 11 is 5.87. The maximum Gasteiger partial charge on any atom is 0.224 e. The highest BCUT2D eigenvalue weighted by Gasteiger charge is 2.08. The van der Waals surface area contributed by atoms with E-state index in [0.29, 0.717) is 42.5 Å². The summed E-state index contributed by atoms with van der Waals surface area (Å²) < 4.78 is 11.3. The van der Waals surface area contributed by atoms with Crippen LogP contribution in [-0.2, 0) is 24.2 Å². The Morgan fingerprint density at radius 1 is 0.897 bits per heavy atom. The van der Waals surface area contributed by atoms with E-state index in [2.05, 4.69) is 5.32 Å². The quantitative estimate of drug-likeness (QED) is 0.550. The molecule has 0 aliphatic heterocycles. The number of carbonyl (C=O) groups excluding carboxylic acids is 1. The number of hydrogen-bond donors (Lipinski definition) is 1. The maximum atomic E-state index is 12.1. The molecule has 1 N–H and O–H groups in total. The molecule has 3 aromatic rings. The second kappa shape index (κ2) is 10.5. The first-order valence-electron chi connectivity index (χ1n) is 9.49. The molecule has 0 aromatic heterocycles. The molecule has 0 unspecified atom stereocenters. The fraction of sp³-hybridized carbons (Fsp3) is 0.208. The number of methoxy groups -OCH3 is 1. The minimum Gasteiger partial charge on any atom is -0.493 e. The molecule has 1 amide bonds. The third kappa shape index (κ3) is 6.54. The van der Waals surface area contributed by atoms with Gasteiger partial charge in [0.15, 0.2) is 11.5 Å². The first-order valence-corrected chi connectivity index (χ1v) is 9.86. The number of carbonyl (C=O) groups is 1. The summed E-state index contributed by atoms with van der Waals surface area (Å²) in [6, 6.07) is 23.2. The molecule has 0 radical (unpaired) electrons. The Hall–Kier alpha value is -2.98. The van der Waals surface area contributed by atoms with Gasteiger partial charge in [-0.25, -0.2) is 0 Å². The van der Waals surface area contributed by atoms with Gasteiger partial charge in [-0.05, 0) is 47.4 Å². The summed E-state index contributed by atoms with van der Waals surface area (Å²) in [7, 11) is 1.63. The van der Waals surface area contributed by atoms with Crippen molar-refractivity contribution in [1.82, 2.24) is 5.32 Å². The van der Waals surface area contributed by atoms with Crippen LogP contribution in [-0.4, -0.2) is 19.6 Å². The van der Waals surface area contributed by atoms with E-state index in [4.69, 9.17) is 21.1 Å². The molecule has 0 spiro atoms. The van der Waals surface area contributed by atoms with Gasteiger partial charge in [-0.2, -0.15) is 0 Å². The lowest BCUT2D eigenvalue weighted by molar-refractivity contribution is -0.120. The maximum absolute atomic E-state index is 12.1. The summed E-state index contributed by atoms with van der Waals surface area (Å²) in [6.45, 7) is 1.04. The number of halogens is 1. The van der Waals surface area contributed by atoms with Gasteiger partial charge in [-0.15, -0.1) is 0 Å². The van der Waals surface area contributed by atoms with Gasteiger partial charge in [-0.3, -0.25) is 4.79 Å². The number of nitrogens with one attached hydrogen (secondary N) is 1. The highest BCUT2D eigenvalue weighted by Crippen LogP contribution is 2.29. The van der Waals surface area contributed by atoms with Crippen molar-refractivity contribution in [2.75, 3.05) is 13.7 Å². The molecule has 0 heterocycles. The van der Waals surface area contributed by atoms with Gasteiger partial charge in [0.2, 0.25) is 5.91 Å². The van der Waals surface area contributed by atoms with Crippen LogP contribution in [0.2, 0.25) is 5.02 Å². The Labute approximate surface area is 176 Å². The largest absolute Gasteiger partial charge is 0.493 e. The molecule has 0 fully saturated rings. The van der Waals surface area contributed by atoms with Crippen molar-refractivity contribution < 1.29 is 14.3 Å². The third-order valence-corrected chi connectivity index (χ3v) is 4.73. The number of ether oxygens (including phenoxy) is 2. The fourth-order valence-corrected chi connectivity index (χ4v) is 3.04. The van der Waals surface area contributed by atoms with E-state index >= 15 is 0 Å². The predicted molar refractivity (Wildman–Crippen MR) is 116 cm³/mol. The van der Waals surface area contributed by atoms with Crippen LogP contribution in [0.4, 0.5) is 0 Å². The fourth-order valence-electron chi connectivity index (χ4n) is 2.92. The molecular formula is C24H24ClNO3. The molecule has 0 aliphatic rings. The van der Waals surface area contributed by atoms with Crippen LogP contribution in [0.1, 0.15) is 16.7 Å². The minimum atomic E-state index is -0.0119.